The van der Waals surface area contributed by atoms with Crippen molar-refractivity contribution in [2.45, 2.75) is 19.9 Å². The summed E-state index contributed by atoms with van der Waals surface area (Å²) in [6.45, 7) is 3.58. The average molecular weight is 275 g/mol. The SMILES string of the molecule is C[C@@H](CO)[C@@H](C)NC(=O)Nc1ccc(Cl)c(F)c1. The van der Waals surface area contributed by atoms with Crippen LogP contribution in [0.4, 0.5) is 14.9 Å². The Morgan fingerprint density at radius 3 is 2.72 bits per heavy atom. The number of rotatable bonds is 4. The molecule has 1 aromatic rings. The molecule has 0 bridgehead atoms. The van der Waals surface area contributed by atoms with Crippen LogP contribution in [0, 0.1) is 11.7 Å². The van der Waals surface area contributed by atoms with Gasteiger partial charge in [-0.05, 0) is 31.0 Å². The van der Waals surface area contributed by atoms with Crippen molar-refractivity contribution < 1.29 is 14.3 Å². The third-order valence-corrected chi connectivity index (χ3v) is 2.98. The van der Waals surface area contributed by atoms with Crippen molar-refractivity contribution in [3.63, 3.8) is 0 Å². The van der Waals surface area contributed by atoms with E-state index in [1.54, 1.807) is 6.92 Å². The number of hydrogen-bond acceptors (Lipinski definition) is 2. The van der Waals surface area contributed by atoms with Crippen LogP contribution in [0.3, 0.4) is 0 Å². The van der Waals surface area contributed by atoms with E-state index in [9.17, 15) is 9.18 Å². The second-order valence-corrected chi connectivity index (χ2v) is 4.58. The number of hydrogen-bond donors (Lipinski definition) is 3. The summed E-state index contributed by atoms with van der Waals surface area (Å²) in [5.74, 6) is -0.649. The van der Waals surface area contributed by atoms with E-state index in [2.05, 4.69) is 10.6 Å². The molecule has 0 heterocycles. The van der Waals surface area contributed by atoms with Crippen LogP contribution in [0.15, 0.2) is 18.2 Å². The Morgan fingerprint density at radius 2 is 2.17 bits per heavy atom. The van der Waals surface area contributed by atoms with Gasteiger partial charge in [0.1, 0.15) is 5.82 Å². The van der Waals surface area contributed by atoms with Crippen molar-refractivity contribution >= 4 is 23.3 Å². The van der Waals surface area contributed by atoms with Crippen LogP contribution in [0.25, 0.3) is 0 Å². The van der Waals surface area contributed by atoms with Gasteiger partial charge in [0.2, 0.25) is 0 Å². The molecule has 0 aromatic heterocycles. The number of nitrogens with one attached hydrogen (secondary N) is 2. The summed E-state index contributed by atoms with van der Waals surface area (Å²) < 4.78 is 13.1. The molecule has 1 aromatic carbocycles. The molecule has 4 nitrogen and oxygen atoms in total. The third kappa shape index (κ3) is 4.16. The number of carbonyl (C=O) groups excluding carboxylic acids is 1. The van der Waals surface area contributed by atoms with Crippen LogP contribution in [-0.2, 0) is 0 Å². The summed E-state index contributed by atoms with van der Waals surface area (Å²) in [5.41, 5.74) is 0.318. The van der Waals surface area contributed by atoms with E-state index < -0.39 is 11.8 Å². The fourth-order valence-corrected chi connectivity index (χ4v) is 1.37. The predicted octanol–water partition coefficient (Wildman–Crippen LogP) is 2.62. The Labute approximate surface area is 110 Å². The van der Waals surface area contributed by atoms with E-state index in [0.29, 0.717) is 5.69 Å². The predicted molar refractivity (Wildman–Crippen MR) is 69.3 cm³/mol. The second-order valence-electron chi connectivity index (χ2n) is 4.18. The summed E-state index contributed by atoms with van der Waals surface area (Å²) >= 11 is 5.53. The standard InChI is InChI=1S/C12H16ClFN2O2/c1-7(6-17)8(2)15-12(18)16-9-3-4-10(13)11(14)5-9/h3-5,7-8,17H,6H2,1-2H3,(H2,15,16,18)/t7-,8+/m0/s1. The highest BCUT2D eigenvalue weighted by Crippen LogP contribution is 2.18. The number of aliphatic hydroxyl groups is 1. The highest BCUT2D eigenvalue weighted by molar-refractivity contribution is 6.30. The maximum atomic E-state index is 13.1. The van der Waals surface area contributed by atoms with E-state index in [1.165, 1.54) is 12.1 Å². The van der Waals surface area contributed by atoms with E-state index in [4.69, 9.17) is 16.7 Å². The Kier molecular flexibility index (Phi) is 5.37. The first kappa shape index (κ1) is 14.7. The van der Waals surface area contributed by atoms with Gasteiger partial charge in [-0.25, -0.2) is 9.18 Å². The monoisotopic (exact) mass is 274 g/mol. The highest BCUT2D eigenvalue weighted by atomic mass is 35.5. The average Bonchev–Trinajstić information content (AvgIpc) is 2.32. The van der Waals surface area contributed by atoms with Gasteiger partial charge in [0, 0.05) is 18.3 Å². The lowest BCUT2D eigenvalue weighted by molar-refractivity contribution is 0.204. The Balaban J connectivity index is 2.57. The fraction of sp³-hybridized carbons (Fsp3) is 0.417. The summed E-state index contributed by atoms with van der Waals surface area (Å²) in [6, 6.07) is 3.37. The van der Waals surface area contributed by atoms with Gasteiger partial charge in [-0.15, -0.1) is 0 Å². The number of anilines is 1. The molecule has 2 amide bonds. The minimum Gasteiger partial charge on any atom is -0.396 e. The minimum atomic E-state index is -0.591. The first-order valence-corrected chi connectivity index (χ1v) is 5.95. The van der Waals surface area contributed by atoms with E-state index in [-0.39, 0.29) is 23.6 Å². The van der Waals surface area contributed by atoms with Gasteiger partial charge >= 0.3 is 6.03 Å². The molecule has 0 aliphatic carbocycles. The minimum absolute atomic E-state index is 0.00299. The second kappa shape index (κ2) is 6.56. The first-order valence-electron chi connectivity index (χ1n) is 5.57. The molecular formula is C12H16ClFN2O2. The molecule has 0 saturated carbocycles. The summed E-state index contributed by atoms with van der Waals surface area (Å²) in [4.78, 5) is 11.6. The highest BCUT2D eigenvalue weighted by Gasteiger charge is 2.14. The topological polar surface area (TPSA) is 61.4 Å². The molecule has 1 rings (SSSR count). The molecule has 0 unspecified atom stereocenters. The summed E-state index contributed by atoms with van der Waals surface area (Å²) in [5, 5.41) is 14.1. The van der Waals surface area contributed by atoms with Crippen molar-refractivity contribution in [1.82, 2.24) is 5.32 Å². The largest absolute Gasteiger partial charge is 0.396 e. The van der Waals surface area contributed by atoms with Gasteiger partial charge in [0.15, 0.2) is 0 Å². The van der Waals surface area contributed by atoms with Gasteiger partial charge < -0.3 is 15.7 Å². The smallest absolute Gasteiger partial charge is 0.319 e. The molecule has 0 spiro atoms. The van der Waals surface area contributed by atoms with E-state index >= 15 is 0 Å². The van der Waals surface area contributed by atoms with Crippen LogP contribution in [-0.4, -0.2) is 23.8 Å². The molecule has 0 saturated heterocycles. The van der Waals surface area contributed by atoms with Crippen LogP contribution in [0.1, 0.15) is 13.8 Å². The lowest BCUT2D eigenvalue weighted by Crippen LogP contribution is -2.40. The number of urea groups is 1. The summed E-state index contributed by atoms with van der Waals surface area (Å²) in [7, 11) is 0. The number of halogens is 2. The lowest BCUT2D eigenvalue weighted by Gasteiger charge is -2.19. The van der Waals surface area contributed by atoms with Crippen LogP contribution in [0.2, 0.25) is 5.02 Å². The van der Waals surface area contributed by atoms with Gasteiger partial charge in [-0.1, -0.05) is 18.5 Å². The van der Waals surface area contributed by atoms with Crippen molar-refractivity contribution in [1.29, 1.82) is 0 Å². The molecular weight excluding hydrogens is 259 g/mol. The van der Waals surface area contributed by atoms with E-state index in [0.717, 1.165) is 6.07 Å². The summed E-state index contributed by atoms with van der Waals surface area (Å²) in [6.07, 6.45) is 0. The van der Waals surface area contributed by atoms with E-state index in [1.807, 2.05) is 6.92 Å². The van der Waals surface area contributed by atoms with Crippen LogP contribution in [0.5, 0.6) is 0 Å². The van der Waals surface area contributed by atoms with Gasteiger partial charge in [-0.2, -0.15) is 0 Å². The molecule has 100 valence electrons. The lowest BCUT2D eigenvalue weighted by atomic mass is 10.1. The fourth-order valence-electron chi connectivity index (χ4n) is 1.25. The maximum absolute atomic E-state index is 13.1. The number of amides is 2. The zero-order chi connectivity index (χ0) is 13.7. The molecule has 0 fully saturated rings. The molecule has 2 atom stereocenters. The van der Waals surface area contributed by atoms with Crippen molar-refractivity contribution in [3.05, 3.63) is 29.0 Å². The molecule has 0 aliphatic heterocycles. The Hall–Kier alpha value is -1.33. The number of carbonyl (C=O) groups is 1. The van der Waals surface area contributed by atoms with Crippen molar-refractivity contribution in [2.75, 3.05) is 11.9 Å². The van der Waals surface area contributed by atoms with Crippen molar-refractivity contribution in [3.8, 4) is 0 Å². The first-order chi connectivity index (χ1) is 8.43. The van der Waals surface area contributed by atoms with Crippen LogP contribution < -0.4 is 10.6 Å². The van der Waals surface area contributed by atoms with Gasteiger partial charge in [0.25, 0.3) is 0 Å². The zero-order valence-electron chi connectivity index (χ0n) is 10.2. The molecule has 0 radical (unpaired) electrons. The zero-order valence-corrected chi connectivity index (χ0v) is 11.0. The van der Waals surface area contributed by atoms with Gasteiger partial charge in [-0.3, -0.25) is 0 Å². The Bertz CT molecular complexity index is 429. The molecule has 0 aliphatic rings. The number of aliphatic hydroxyl groups excluding tert-OH is 1. The van der Waals surface area contributed by atoms with Crippen molar-refractivity contribution in [2.24, 2.45) is 5.92 Å². The van der Waals surface area contributed by atoms with Crippen LogP contribution >= 0.6 is 11.6 Å². The molecule has 18 heavy (non-hydrogen) atoms. The molecule has 3 N–H and O–H groups in total. The number of benzene rings is 1. The Morgan fingerprint density at radius 1 is 1.50 bits per heavy atom. The third-order valence-electron chi connectivity index (χ3n) is 2.68. The quantitative estimate of drug-likeness (QED) is 0.790. The maximum Gasteiger partial charge on any atom is 0.319 e. The van der Waals surface area contributed by atoms with Gasteiger partial charge in [0.05, 0.1) is 5.02 Å². The normalized spacial score (nSPS) is 13.8. The molecule has 6 heteroatoms.